The minimum atomic E-state index is -3.72. The molecule has 6 nitrogen and oxygen atoms in total. The molecule has 0 aliphatic carbocycles. The molecule has 0 saturated carbocycles. The summed E-state index contributed by atoms with van der Waals surface area (Å²) in [6.45, 7) is 3.50. The zero-order valence-corrected chi connectivity index (χ0v) is 14.7. The number of carbonyl (C=O) groups is 1. The number of nitrogens with one attached hydrogen (secondary N) is 1. The van der Waals surface area contributed by atoms with Crippen LogP contribution in [0, 0.1) is 13.8 Å². The zero-order valence-electron chi connectivity index (χ0n) is 13.9. The molecule has 128 valence electrons. The van der Waals surface area contributed by atoms with Gasteiger partial charge in [0.05, 0.1) is 12.9 Å². The second kappa shape index (κ2) is 7.44. The number of carbonyl (C=O) groups excluding carboxylic acids is 1. The number of hydrogen-bond donors (Lipinski definition) is 1. The third-order valence-electron chi connectivity index (χ3n) is 3.41. The Kier molecular flexibility index (Phi) is 5.56. The minimum Gasteiger partial charge on any atom is -0.497 e. The lowest BCUT2D eigenvalue weighted by molar-refractivity contribution is 0.0981. The summed E-state index contributed by atoms with van der Waals surface area (Å²) >= 11 is 0. The van der Waals surface area contributed by atoms with Crippen molar-refractivity contribution in [2.75, 3.05) is 12.9 Å². The average molecular weight is 348 g/mol. The first-order valence-electron chi connectivity index (χ1n) is 7.42. The fraction of sp³-hybridized carbons (Fsp3) is 0.294. The molecule has 7 heteroatoms. The molecule has 2 rings (SSSR count). The van der Waals surface area contributed by atoms with E-state index < -0.39 is 15.9 Å². The van der Waals surface area contributed by atoms with Crippen molar-refractivity contribution < 1.29 is 17.9 Å². The smallest absolute Gasteiger partial charge is 0.264 e. The molecular weight excluding hydrogens is 328 g/mol. The standard InChI is InChI=1S/C17H20N2O4S/c1-12-10-15(11-13(2)18-12)17(20)19-24(21,22)9-8-14-4-6-16(23-3)7-5-14/h4-7,10-11H,8-9H2,1-3H3,(H,19,20). The number of ether oxygens (including phenoxy) is 1. The van der Waals surface area contributed by atoms with E-state index in [0.717, 1.165) is 5.56 Å². The van der Waals surface area contributed by atoms with Gasteiger partial charge in [0.25, 0.3) is 5.91 Å². The Morgan fingerprint density at radius 3 is 2.25 bits per heavy atom. The van der Waals surface area contributed by atoms with Crippen LogP contribution in [0.2, 0.25) is 0 Å². The number of sulfonamides is 1. The van der Waals surface area contributed by atoms with Gasteiger partial charge in [-0.05, 0) is 50.1 Å². The van der Waals surface area contributed by atoms with Crippen LogP contribution < -0.4 is 9.46 Å². The molecule has 24 heavy (non-hydrogen) atoms. The molecule has 1 aromatic heterocycles. The van der Waals surface area contributed by atoms with Gasteiger partial charge in [-0.25, -0.2) is 13.1 Å². The van der Waals surface area contributed by atoms with Gasteiger partial charge in [0.15, 0.2) is 0 Å². The normalized spacial score (nSPS) is 11.1. The Hall–Kier alpha value is -2.41. The van der Waals surface area contributed by atoms with Crippen molar-refractivity contribution in [2.24, 2.45) is 0 Å². The number of pyridine rings is 1. The summed E-state index contributed by atoms with van der Waals surface area (Å²) in [6.07, 6.45) is 0.307. The van der Waals surface area contributed by atoms with Crippen LogP contribution in [0.1, 0.15) is 27.3 Å². The van der Waals surface area contributed by atoms with E-state index in [1.165, 1.54) is 0 Å². The summed E-state index contributed by atoms with van der Waals surface area (Å²) in [4.78, 5) is 16.3. The number of nitrogens with zero attached hydrogens (tertiary/aromatic N) is 1. The van der Waals surface area contributed by atoms with E-state index in [4.69, 9.17) is 4.74 Å². The minimum absolute atomic E-state index is 0.173. The maximum Gasteiger partial charge on any atom is 0.264 e. The molecule has 0 aliphatic heterocycles. The first-order valence-corrected chi connectivity index (χ1v) is 9.07. The van der Waals surface area contributed by atoms with Crippen molar-refractivity contribution in [3.05, 3.63) is 58.9 Å². The first kappa shape index (κ1) is 17.9. The van der Waals surface area contributed by atoms with Gasteiger partial charge in [-0.1, -0.05) is 12.1 Å². The Bertz CT molecular complexity index is 810. The molecule has 0 bridgehead atoms. The number of benzene rings is 1. The third-order valence-corrected chi connectivity index (χ3v) is 4.65. The monoisotopic (exact) mass is 348 g/mol. The number of aromatic nitrogens is 1. The second-order valence-corrected chi connectivity index (χ2v) is 7.33. The molecule has 0 unspecified atom stereocenters. The lowest BCUT2D eigenvalue weighted by Gasteiger charge is -2.08. The van der Waals surface area contributed by atoms with Gasteiger partial charge in [0.2, 0.25) is 10.0 Å². The molecule has 0 atom stereocenters. The van der Waals surface area contributed by atoms with Crippen LogP contribution in [-0.4, -0.2) is 32.2 Å². The highest BCUT2D eigenvalue weighted by Gasteiger charge is 2.17. The predicted molar refractivity (Wildman–Crippen MR) is 91.7 cm³/mol. The molecule has 0 radical (unpaired) electrons. The summed E-state index contributed by atoms with van der Waals surface area (Å²) in [5, 5.41) is 0. The second-order valence-electron chi connectivity index (χ2n) is 5.49. The fourth-order valence-corrected chi connectivity index (χ4v) is 3.27. The van der Waals surface area contributed by atoms with Crippen LogP contribution in [0.5, 0.6) is 5.75 Å². The number of aryl methyl sites for hydroxylation is 3. The Balaban J connectivity index is 2.00. The van der Waals surface area contributed by atoms with Crippen molar-refractivity contribution in [2.45, 2.75) is 20.3 Å². The summed E-state index contributed by atoms with van der Waals surface area (Å²) in [5.74, 6) is -0.106. The van der Waals surface area contributed by atoms with Gasteiger partial charge < -0.3 is 4.74 Å². The van der Waals surface area contributed by atoms with Gasteiger partial charge in [-0.2, -0.15) is 0 Å². The molecule has 1 amide bonds. The zero-order chi connectivity index (χ0) is 17.7. The highest BCUT2D eigenvalue weighted by molar-refractivity contribution is 7.90. The predicted octanol–water partition coefficient (Wildman–Crippen LogP) is 2.01. The average Bonchev–Trinajstić information content (AvgIpc) is 2.52. The Morgan fingerprint density at radius 1 is 1.12 bits per heavy atom. The quantitative estimate of drug-likeness (QED) is 0.863. The molecule has 0 spiro atoms. The largest absolute Gasteiger partial charge is 0.497 e. The van der Waals surface area contributed by atoms with E-state index in [2.05, 4.69) is 9.71 Å². The van der Waals surface area contributed by atoms with Crippen molar-refractivity contribution in [3.63, 3.8) is 0 Å². The summed E-state index contributed by atoms with van der Waals surface area (Å²) < 4.78 is 31.4. The lowest BCUT2D eigenvalue weighted by atomic mass is 10.2. The van der Waals surface area contributed by atoms with Gasteiger partial charge in [0, 0.05) is 17.0 Å². The molecule has 1 aromatic carbocycles. The SMILES string of the molecule is COc1ccc(CCS(=O)(=O)NC(=O)c2cc(C)nc(C)c2)cc1. The van der Waals surface area contributed by atoms with Crippen LogP contribution >= 0.6 is 0 Å². The third kappa shape index (κ3) is 5.06. The molecule has 2 aromatic rings. The van der Waals surface area contributed by atoms with Crippen molar-refractivity contribution in [1.82, 2.24) is 9.71 Å². The number of rotatable bonds is 6. The van der Waals surface area contributed by atoms with E-state index in [1.54, 1.807) is 57.4 Å². The molecular formula is C17H20N2O4S. The van der Waals surface area contributed by atoms with Gasteiger partial charge in [-0.3, -0.25) is 9.78 Å². The Morgan fingerprint density at radius 2 is 1.71 bits per heavy atom. The van der Waals surface area contributed by atoms with Gasteiger partial charge in [-0.15, -0.1) is 0 Å². The highest BCUT2D eigenvalue weighted by Crippen LogP contribution is 2.12. The molecule has 1 heterocycles. The molecule has 1 N–H and O–H groups in total. The highest BCUT2D eigenvalue weighted by atomic mass is 32.2. The van der Waals surface area contributed by atoms with Crippen LogP contribution in [-0.2, 0) is 16.4 Å². The maximum absolute atomic E-state index is 12.1. The Labute approximate surface area is 141 Å². The van der Waals surface area contributed by atoms with Crippen molar-refractivity contribution in [3.8, 4) is 5.75 Å². The van der Waals surface area contributed by atoms with Gasteiger partial charge >= 0.3 is 0 Å². The maximum atomic E-state index is 12.1. The molecule has 0 fully saturated rings. The van der Waals surface area contributed by atoms with E-state index in [1.807, 2.05) is 0 Å². The van der Waals surface area contributed by atoms with Crippen molar-refractivity contribution in [1.29, 1.82) is 0 Å². The first-order chi connectivity index (χ1) is 11.3. The summed E-state index contributed by atoms with van der Waals surface area (Å²) in [5.41, 5.74) is 2.46. The van der Waals surface area contributed by atoms with Crippen LogP contribution in [0.25, 0.3) is 0 Å². The van der Waals surface area contributed by atoms with E-state index in [0.29, 0.717) is 23.6 Å². The lowest BCUT2D eigenvalue weighted by Crippen LogP contribution is -2.33. The molecule has 0 saturated heterocycles. The number of methoxy groups -OCH3 is 1. The van der Waals surface area contributed by atoms with Gasteiger partial charge in [0.1, 0.15) is 5.75 Å². The topological polar surface area (TPSA) is 85.4 Å². The van der Waals surface area contributed by atoms with E-state index >= 15 is 0 Å². The van der Waals surface area contributed by atoms with E-state index in [-0.39, 0.29) is 11.3 Å². The molecule has 0 aliphatic rings. The van der Waals surface area contributed by atoms with Crippen LogP contribution in [0.15, 0.2) is 36.4 Å². The number of hydrogen-bond acceptors (Lipinski definition) is 5. The van der Waals surface area contributed by atoms with Crippen LogP contribution in [0.4, 0.5) is 0 Å². The van der Waals surface area contributed by atoms with E-state index in [9.17, 15) is 13.2 Å². The summed E-state index contributed by atoms with van der Waals surface area (Å²) in [7, 11) is -2.15. The fourth-order valence-electron chi connectivity index (χ4n) is 2.26. The number of amides is 1. The van der Waals surface area contributed by atoms with Crippen LogP contribution in [0.3, 0.4) is 0 Å². The van der Waals surface area contributed by atoms with Crippen molar-refractivity contribution >= 4 is 15.9 Å². The summed E-state index contributed by atoms with van der Waals surface area (Å²) in [6, 6.07) is 10.2.